The second-order valence-electron chi connectivity index (χ2n) is 4.41. The number of hydrogen-bond donors (Lipinski definition) is 2. The Labute approximate surface area is 117 Å². The highest BCUT2D eigenvalue weighted by atomic mass is 32.1. The van der Waals surface area contributed by atoms with Crippen molar-refractivity contribution >= 4 is 33.3 Å². The van der Waals surface area contributed by atoms with Crippen LogP contribution in [0.4, 0.5) is 11.8 Å². The zero-order valence-corrected chi connectivity index (χ0v) is 12.4. The molecule has 2 aromatic heterocycles. The molecule has 19 heavy (non-hydrogen) atoms. The first-order valence-corrected chi connectivity index (χ1v) is 7.33. The van der Waals surface area contributed by atoms with Crippen molar-refractivity contribution in [1.82, 2.24) is 9.97 Å². The van der Waals surface area contributed by atoms with Crippen LogP contribution >= 0.6 is 11.3 Å². The minimum Gasteiger partial charge on any atom is -0.395 e. The topological polar surface area (TPSA) is 61.3 Å². The lowest BCUT2D eigenvalue weighted by molar-refractivity contribution is 0.301. The van der Waals surface area contributed by atoms with E-state index in [1.165, 1.54) is 4.88 Å². The van der Waals surface area contributed by atoms with Gasteiger partial charge in [0.15, 0.2) is 0 Å². The number of hydrogen-bond acceptors (Lipinski definition) is 6. The summed E-state index contributed by atoms with van der Waals surface area (Å²) in [6, 6.07) is 2.12. The second-order valence-corrected chi connectivity index (χ2v) is 5.64. The summed E-state index contributed by atoms with van der Waals surface area (Å²) in [5, 5.41) is 13.3. The van der Waals surface area contributed by atoms with Gasteiger partial charge in [-0.1, -0.05) is 6.92 Å². The maximum atomic E-state index is 9.23. The SMILES string of the molecule is CCCN(CCO)c1nc(NC)nc2sc(C)cc12. The molecule has 0 radical (unpaired) electrons. The molecule has 0 unspecified atom stereocenters. The summed E-state index contributed by atoms with van der Waals surface area (Å²) in [6.07, 6.45) is 1.02. The molecule has 0 amide bonds. The van der Waals surface area contributed by atoms with E-state index in [0.29, 0.717) is 12.5 Å². The van der Waals surface area contributed by atoms with Crippen LogP contribution in [-0.4, -0.2) is 41.8 Å². The molecule has 2 rings (SSSR count). The van der Waals surface area contributed by atoms with Gasteiger partial charge in [-0.15, -0.1) is 11.3 Å². The maximum absolute atomic E-state index is 9.23. The highest BCUT2D eigenvalue weighted by molar-refractivity contribution is 7.18. The molecule has 0 aliphatic carbocycles. The Balaban J connectivity index is 2.54. The molecule has 0 spiro atoms. The molecule has 6 heteroatoms. The zero-order chi connectivity index (χ0) is 13.8. The Kier molecular flexibility index (Phi) is 4.55. The molecule has 0 saturated heterocycles. The van der Waals surface area contributed by atoms with E-state index < -0.39 is 0 Å². The number of fused-ring (bicyclic) bond motifs is 1. The lowest BCUT2D eigenvalue weighted by Crippen LogP contribution is -2.28. The number of aliphatic hydroxyl groups is 1. The van der Waals surface area contributed by atoms with E-state index in [9.17, 15) is 5.11 Å². The smallest absolute Gasteiger partial charge is 0.225 e. The number of aliphatic hydroxyl groups excluding tert-OH is 1. The maximum Gasteiger partial charge on any atom is 0.225 e. The van der Waals surface area contributed by atoms with E-state index in [0.717, 1.165) is 29.0 Å². The van der Waals surface area contributed by atoms with Crippen LogP contribution in [0.5, 0.6) is 0 Å². The fourth-order valence-corrected chi connectivity index (χ4v) is 2.97. The van der Waals surface area contributed by atoms with Crippen molar-refractivity contribution in [3.63, 3.8) is 0 Å². The van der Waals surface area contributed by atoms with Gasteiger partial charge in [0.05, 0.1) is 12.0 Å². The van der Waals surface area contributed by atoms with Crippen LogP contribution in [0.15, 0.2) is 6.07 Å². The third-order valence-corrected chi connectivity index (χ3v) is 3.83. The summed E-state index contributed by atoms with van der Waals surface area (Å²) in [4.78, 5) is 13.4. The second kappa shape index (κ2) is 6.16. The predicted molar refractivity (Wildman–Crippen MR) is 81.3 cm³/mol. The molecule has 0 bridgehead atoms. The first kappa shape index (κ1) is 14.0. The van der Waals surface area contributed by atoms with E-state index in [1.54, 1.807) is 11.3 Å². The first-order valence-electron chi connectivity index (χ1n) is 6.51. The van der Waals surface area contributed by atoms with Crippen molar-refractivity contribution in [2.45, 2.75) is 20.3 Å². The van der Waals surface area contributed by atoms with Crippen molar-refractivity contribution in [2.24, 2.45) is 0 Å². The number of anilines is 2. The highest BCUT2D eigenvalue weighted by Gasteiger charge is 2.15. The fourth-order valence-electron chi connectivity index (χ4n) is 2.09. The van der Waals surface area contributed by atoms with E-state index in [1.807, 2.05) is 7.05 Å². The summed E-state index contributed by atoms with van der Waals surface area (Å²) in [5.74, 6) is 1.54. The molecule has 0 fully saturated rings. The van der Waals surface area contributed by atoms with Crippen LogP contribution in [0, 0.1) is 6.92 Å². The summed E-state index contributed by atoms with van der Waals surface area (Å²) >= 11 is 1.67. The summed E-state index contributed by atoms with van der Waals surface area (Å²) in [7, 11) is 1.82. The van der Waals surface area contributed by atoms with Gasteiger partial charge in [0.1, 0.15) is 10.6 Å². The van der Waals surface area contributed by atoms with Gasteiger partial charge in [-0.25, -0.2) is 4.98 Å². The molecule has 2 heterocycles. The van der Waals surface area contributed by atoms with E-state index in [-0.39, 0.29) is 6.61 Å². The summed E-state index contributed by atoms with van der Waals surface area (Å²) in [6.45, 7) is 5.80. The Morgan fingerprint density at radius 2 is 2.16 bits per heavy atom. The lowest BCUT2D eigenvalue weighted by atomic mass is 10.3. The number of aromatic nitrogens is 2. The fraction of sp³-hybridized carbons (Fsp3) is 0.538. The average Bonchev–Trinajstić information content (AvgIpc) is 2.77. The number of nitrogens with zero attached hydrogens (tertiary/aromatic N) is 3. The molecule has 2 aromatic rings. The summed E-state index contributed by atoms with van der Waals surface area (Å²) in [5.41, 5.74) is 0. The minimum atomic E-state index is 0.128. The monoisotopic (exact) mass is 280 g/mol. The van der Waals surface area contributed by atoms with Gasteiger partial charge in [-0.2, -0.15) is 4.98 Å². The molecule has 104 valence electrons. The molecule has 0 saturated carbocycles. The number of thiophene rings is 1. The lowest BCUT2D eigenvalue weighted by Gasteiger charge is -2.23. The molecular weight excluding hydrogens is 260 g/mol. The first-order chi connectivity index (χ1) is 9.19. The third kappa shape index (κ3) is 2.96. The van der Waals surface area contributed by atoms with Crippen LogP contribution in [0.3, 0.4) is 0 Å². The zero-order valence-electron chi connectivity index (χ0n) is 11.6. The van der Waals surface area contributed by atoms with Crippen molar-refractivity contribution in [3.8, 4) is 0 Å². The van der Waals surface area contributed by atoms with Crippen molar-refractivity contribution < 1.29 is 5.11 Å². The van der Waals surface area contributed by atoms with Crippen LogP contribution in [0.25, 0.3) is 10.2 Å². The van der Waals surface area contributed by atoms with Gasteiger partial charge >= 0.3 is 0 Å². The van der Waals surface area contributed by atoms with Crippen molar-refractivity contribution in [3.05, 3.63) is 10.9 Å². The third-order valence-electron chi connectivity index (χ3n) is 2.88. The molecule has 0 aromatic carbocycles. The van der Waals surface area contributed by atoms with Gasteiger partial charge in [-0.05, 0) is 19.4 Å². The van der Waals surface area contributed by atoms with Gasteiger partial charge in [0, 0.05) is 25.0 Å². The summed E-state index contributed by atoms with van der Waals surface area (Å²) < 4.78 is 0. The average molecular weight is 280 g/mol. The van der Waals surface area contributed by atoms with Gasteiger partial charge < -0.3 is 15.3 Å². The largest absolute Gasteiger partial charge is 0.395 e. The van der Waals surface area contributed by atoms with Crippen LogP contribution in [0.1, 0.15) is 18.2 Å². The Hall–Kier alpha value is -1.40. The van der Waals surface area contributed by atoms with Gasteiger partial charge in [-0.3, -0.25) is 0 Å². The number of aryl methyl sites for hydroxylation is 1. The van der Waals surface area contributed by atoms with E-state index in [4.69, 9.17) is 0 Å². The van der Waals surface area contributed by atoms with Crippen molar-refractivity contribution in [2.75, 3.05) is 37.0 Å². The highest BCUT2D eigenvalue weighted by Crippen LogP contribution is 2.31. The van der Waals surface area contributed by atoms with Gasteiger partial charge in [0.25, 0.3) is 0 Å². The molecule has 0 atom stereocenters. The molecule has 0 aliphatic rings. The Morgan fingerprint density at radius 3 is 2.79 bits per heavy atom. The standard InChI is InChI=1S/C13H20N4OS/c1-4-5-17(6-7-18)11-10-8-9(2)19-12(10)16-13(14-3)15-11/h8,18H,4-7H2,1-3H3,(H,14,15,16). The van der Waals surface area contributed by atoms with Crippen LogP contribution < -0.4 is 10.2 Å². The Morgan fingerprint density at radius 1 is 1.37 bits per heavy atom. The van der Waals surface area contributed by atoms with Crippen LogP contribution in [0.2, 0.25) is 0 Å². The minimum absolute atomic E-state index is 0.128. The predicted octanol–water partition coefficient (Wildman–Crippen LogP) is 2.25. The van der Waals surface area contributed by atoms with E-state index in [2.05, 4.69) is 40.1 Å². The normalized spacial score (nSPS) is 10.9. The molecule has 0 aliphatic heterocycles. The number of rotatable bonds is 6. The van der Waals surface area contributed by atoms with E-state index >= 15 is 0 Å². The quantitative estimate of drug-likeness (QED) is 0.850. The number of nitrogens with one attached hydrogen (secondary N) is 1. The van der Waals surface area contributed by atoms with Crippen LogP contribution in [-0.2, 0) is 0 Å². The molecular formula is C13H20N4OS. The van der Waals surface area contributed by atoms with Gasteiger partial charge in [0.2, 0.25) is 5.95 Å². The molecule has 5 nitrogen and oxygen atoms in total. The van der Waals surface area contributed by atoms with Crippen molar-refractivity contribution in [1.29, 1.82) is 0 Å². The Bertz CT molecular complexity index is 549. The molecule has 2 N–H and O–H groups in total.